The number of fused-ring (bicyclic) bond motifs is 1. The molecule has 4 aromatic rings. The van der Waals surface area contributed by atoms with Crippen molar-refractivity contribution in [3.8, 4) is 16.9 Å². The number of carbonyl (C=O) groups is 2. The monoisotopic (exact) mass is 422 g/mol. The number of para-hydroxylation sites is 1. The van der Waals surface area contributed by atoms with Crippen LogP contribution in [0.5, 0.6) is 5.75 Å². The van der Waals surface area contributed by atoms with Crippen LogP contribution >= 0.6 is 0 Å². The van der Waals surface area contributed by atoms with Gasteiger partial charge in [0.15, 0.2) is 6.61 Å². The molecule has 2 amide bonds. The van der Waals surface area contributed by atoms with Crippen LogP contribution in [0.15, 0.2) is 103 Å². The van der Waals surface area contributed by atoms with Gasteiger partial charge in [-0.3, -0.25) is 20.4 Å². The maximum absolute atomic E-state index is 12.1. The minimum atomic E-state index is -0.459. The topological polar surface area (TPSA) is 67.4 Å². The summed E-state index contributed by atoms with van der Waals surface area (Å²) in [6.07, 6.45) is 3.10. The highest BCUT2D eigenvalue weighted by Crippen LogP contribution is 2.29. The second kappa shape index (κ2) is 10.1. The van der Waals surface area contributed by atoms with Gasteiger partial charge < -0.3 is 4.74 Å². The molecule has 0 aromatic heterocycles. The Hall–Kier alpha value is -4.38. The molecule has 5 heteroatoms. The first-order chi connectivity index (χ1) is 15.7. The van der Waals surface area contributed by atoms with Gasteiger partial charge in [-0.1, -0.05) is 91.0 Å². The molecule has 0 saturated carbocycles. The Balaban J connectivity index is 1.31. The second-order valence-electron chi connectivity index (χ2n) is 7.09. The summed E-state index contributed by atoms with van der Waals surface area (Å²) in [7, 11) is 0. The SMILES string of the molecule is O=C(C=Cc1cccc2ccccc12)NNC(=O)COc1ccccc1-c1ccccc1. The van der Waals surface area contributed by atoms with Gasteiger partial charge >= 0.3 is 0 Å². The van der Waals surface area contributed by atoms with E-state index in [0.29, 0.717) is 5.75 Å². The minimum absolute atomic E-state index is 0.225. The lowest BCUT2D eigenvalue weighted by Crippen LogP contribution is -2.43. The highest BCUT2D eigenvalue weighted by Gasteiger charge is 2.08. The molecule has 0 spiro atoms. The lowest BCUT2D eigenvalue weighted by molar-refractivity contribution is -0.128. The van der Waals surface area contributed by atoms with Crippen molar-refractivity contribution in [2.75, 3.05) is 6.61 Å². The average Bonchev–Trinajstić information content (AvgIpc) is 2.85. The zero-order valence-electron chi connectivity index (χ0n) is 17.3. The van der Waals surface area contributed by atoms with Crippen molar-refractivity contribution in [2.24, 2.45) is 0 Å². The molecule has 0 heterocycles. The molecule has 0 atom stereocenters. The number of ether oxygens (including phenoxy) is 1. The maximum atomic E-state index is 12.1. The summed E-state index contributed by atoms with van der Waals surface area (Å²) in [6.45, 7) is -0.225. The van der Waals surface area contributed by atoms with Crippen molar-refractivity contribution in [2.45, 2.75) is 0 Å². The Kier molecular flexibility index (Phi) is 6.58. The van der Waals surface area contributed by atoms with E-state index in [2.05, 4.69) is 10.9 Å². The van der Waals surface area contributed by atoms with Crippen molar-refractivity contribution < 1.29 is 14.3 Å². The van der Waals surface area contributed by atoms with E-state index < -0.39 is 11.8 Å². The Morgan fingerprint density at radius 3 is 2.34 bits per heavy atom. The molecule has 0 aliphatic heterocycles. The fourth-order valence-electron chi connectivity index (χ4n) is 3.36. The third-order valence-electron chi connectivity index (χ3n) is 4.89. The van der Waals surface area contributed by atoms with Gasteiger partial charge in [0.1, 0.15) is 5.75 Å². The molecule has 32 heavy (non-hydrogen) atoms. The lowest BCUT2D eigenvalue weighted by Gasteiger charge is -2.12. The van der Waals surface area contributed by atoms with Crippen LogP contribution in [-0.4, -0.2) is 18.4 Å². The highest BCUT2D eigenvalue weighted by atomic mass is 16.5. The Labute approximate surface area is 186 Å². The average molecular weight is 422 g/mol. The van der Waals surface area contributed by atoms with Crippen molar-refractivity contribution >= 4 is 28.7 Å². The molecule has 158 valence electrons. The van der Waals surface area contributed by atoms with Crippen molar-refractivity contribution in [1.29, 1.82) is 0 Å². The third-order valence-corrected chi connectivity index (χ3v) is 4.89. The fourth-order valence-corrected chi connectivity index (χ4v) is 3.36. The first-order valence-corrected chi connectivity index (χ1v) is 10.2. The van der Waals surface area contributed by atoms with Crippen LogP contribution in [0.3, 0.4) is 0 Å². The first-order valence-electron chi connectivity index (χ1n) is 10.2. The molecule has 0 radical (unpaired) electrons. The zero-order valence-corrected chi connectivity index (χ0v) is 17.3. The van der Waals surface area contributed by atoms with Gasteiger partial charge in [-0.15, -0.1) is 0 Å². The van der Waals surface area contributed by atoms with Crippen molar-refractivity contribution in [1.82, 2.24) is 10.9 Å². The quantitative estimate of drug-likeness (QED) is 0.348. The number of amides is 2. The molecule has 4 aromatic carbocycles. The molecular weight excluding hydrogens is 400 g/mol. The number of hydrazine groups is 1. The molecule has 0 saturated heterocycles. The van der Waals surface area contributed by atoms with E-state index in [4.69, 9.17) is 4.74 Å². The fraction of sp³-hybridized carbons (Fsp3) is 0.0370. The van der Waals surface area contributed by atoms with Gasteiger partial charge in [-0.25, -0.2) is 0 Å². The van der Waals surface area contributed by atoms with Crippen molar-refractivity contribution in [3.63, 3.8) is 0 Å². The summed E-state index contributed by atoms with van der Waals surface area (Å²) < 4.78 is 5.68. The van der Waals surface area contributed by atoms with Crippen LogP contribution in [0.25, 0.3) is 28.0 Å². The summed E-state index contributed by atoms with van der Waals surface area (Å²) in [5, 5.41) is 2.14. The van der Waals surface area contributed by atoms with E-state index >= 15 is 0 Å². The van der Waals surface area contributed by atoms with Gasteiger partial charge in [0.25, 0.3) is 11.8 Å². The van der Waals surface area contributed by atoms with Gasteiger partial charge in [0.05, 0.1) is 0 Å². The van der Waals surface area contributed by atoms with E-state index in [0.717, 1.165) is 27.5 Å². The van der Waals surface area contributed by atoms with Gasteiger partial charge in [0.2, 0.25) is 0 Å². The van der Waals surface area contributed by atoms with E-state index in [1.807, 2.05) is 91.0 Å². The summed E-state index contributed by atoms with van der Waals surface area (Å²) in [6, 6.07) is 31.1. The van der Waals surface area contributed by atoms with E-state index in [1.165, 1.54) is 6.08 Å². The molecule has 2 N–H and O–H groups in total. The molecule has 0 aliphatic carbocycles. The molecule has 4 rings (SSSR count). The predicted molar refractivity (Wildman–Crippen MR) is 127 cm³/mol. The molecule has 5 nitrogen and oxygen atoms in total. The van der Waals surface area contributed by atoms with E-state index in [9.17, 15) is 9.59 Å². The summed E-state index contributed by atoms with van der Waals surface area (Å²) in [5.74, 6) is -0.299. The van der Waals surface area contributed by atoms with E-state index in [1.54, 1.807) is 12.1 Å². The number of hydrogen-bond acceptors (Lipinski definition) is 3. The van der Waals surface area contributed by atoms with E-state index in [-0.39, 0.29) is 6.61 Å². The van der Waals surface area contributed by atoms with Crippen LogP contribution in [0.2, 0.25) is 0 Å². The summed E-state index contributed by atoms with van der Waals surface area (Å²) in [5.41, 5.74) is 7.56. The van der Waals surface area contributed by atoms with Gasteiger partial charge in [0, 0.05) is 11.6 Å². The smallest absolute Gasteiger partial charge is 0.276 e. The van der Waals surface area contributed by atoms with Gasteiger partial charge in [-0.05, 0) is 34.0 Å². The number of benzene rings is 4. The first kappa shape index (κ1) is 20.9. The predicted octanol–water partition coefficient (Wildman–Crippen LogP) is 4.75. The molecule has 0 bridgehead atoms. The van der Waals surface area contributed by atoms with Crippen LogP contribution in [0.4, 0.5) is 0 Å². The Morgan fingerprint density at radius 2 is 1.47 bits per heavy atom. The Morgan fingerprint density at radius 1 is 0.750 bits per heavy atom. The standard InChI is InChI=1S/C27H22N2O3/c30-26(18-17-22-13-8-12-20-11-4-5-14-23(20)22)28-29-27(31)19-32-25-16-7-6-15-24(25)21-9-2-1-3-10-21/h1-18H,19H2,(H,28,30)(H,29,31). The normalized spacial score (nSPS) is 10.8. The number of rotatable bonds is 6. The van der Waals surface area contributed by atoms with Crippen molar-refractivity contribution in [3.05, 3.63) is 109 Å². The lowest BCUT2D eigenvalue weighted by atomic mass is 10.0. The number of nitrogens with one attached hydrogen (secondary N) is 2. The van der Waals surface area contributed by atoms with Crippen LogP contribution in [0.1, 0.15) is 5.56 Å². The Bertz CT molecular complexity index is 1260. The van der Waals surface area contributed by atoms with Crippen LogP contribution in [-0.2, 0) is 9.59 Å². The van der Waals surface area contributed by atoms with Crippen LogP contribution in [0, 0.1) is 0 Å². The molecular formula is C27H22N2O3. The molecule has 0 unspecified atom stereocenters. The maximum Gasteiger partial charge on any atom is 0.276 e. The number of hydrogen-bond donors (Lipinski definition) is 2. The van der Waals surface area contributed by atoms with Gasteiger partial charge in [-0.2, -0.15) is 0 Å². The largest absolute Gasteiger partial charge is 0.483 e. The molecule has 0 fully saturated rings. The second-order valence-corrected chi connectivity index (χ2v) is 7.09. The van der Waals surface area contributed by atoms with Crippen LogP contribution < -0.4 is 15.6 Å². The third kappa shape index (κ3) is 5.21. The summed E-state index contributed by atoms with van der Waals surface area (Å²) in [4.78, 5) is 24.3. The summed E-state index contributed by atoms with van der Waals surface area (Å²) >= 11 is 0. The zero-order chi connectivity index (χ0) is 22.2. The highest BCUT2D eigenvalue weighted by molar-refractivity contribution is 5.97. The number of carbonyl (C=O) groups excluding carboxylic acids is 2. The molecule has 0 aliphatic rings. The minimum Gasteiger partial charge on any atom is -0.483 e.